The molecule has 4 nitrogen and oxygen atoms in total. The van der Waals surface area contributed by atoms with Crippen molar-refractivity contribution in [3.63, 3.8) is 0 Å². The first-order valence-corrected chi connectivity index (χ1v) is 10.1. The highest BCUT2D eigenvalue weighted by molar-refractivity contribution is 9.10. The van der Waals surface area contributed by atoms with Gasteiger partial charge in [0.25, 0.3) is 0 Å². The first kappa shape index (κ1) is 18.1. The SMILES string of the molecule is N#Cc1ccsc1NC(=O)CCNC1(c2ccc(Br)cc2)CCCC1. The van der Waals surface area contributed by atoms with Crippen LogP contribution < -0.4 is 10.6 Å². The van der Waals surface area contributed by atoms with Crippen LogP contribution in [0.5, 0.6) is 0 Å². The molecule has 0 unspecified atom stereocenters. The highest BCUT2D eigenvalue weighted by atomic mass is 79.9. The molecule has 1 aliphatic carbocycles. The van der Waals surface area contributed by atoms with E-state index in [0.29, 0.717) is 23.5 Å². The maximum Gasteiger partial charge on any atom is 0.226 e. The predicted octanol–water partition coefficient (Wildman–Crippen LogP) is 4.77. The zero-order valence-corrected chi connectivity index (χ0v) is 16.3. The fourth-order valence-electron chi connectivity index (χ4n) is 3.41. The molecule has 1 aliphatic rings. The summed E-state index contributed by atoms with van der Waals surface area (Å²) in [5.41, 5.74) is 1.79. The molecule has 2 aromatic rings. The minimum Gasteiger partial charge on any atom is -0.317 e. The van der Waals surface area contributed by atoms with Crippen molar-refractivity contribution in [1.82, 2.24) is 5.32 Å². The van der Waals surface area contributed by atoms with E-state index in [4.69, 9.17) is 5.26 Å². The monoisotopic (exact) mass is 417 g/mol. The largest absolute Gasteiger partial charge is 0.317 e. The Labute approximate surface area is 160 Å². The smallest absolute Gasteiger partial charge is 0.226 e. The first-order valence-electron chi connectivity index (χ1n) is 8.41. The standard InChI is InChI=1S/C19H20BrN3OS/c20-16-5-3-15(4-6-16)19(9-1-2-10-19)22-11-7-17(24)23-18-14(13-21)8-12-25-18/h3-6,8,12,22H,1-2,7,9-11H2,(H,23,24). The van der Waals surface area contributed by atoms with Crippen molar-refractivity contribution >= 4 is 38.2 Å². The fourth-order valence-corrected chi connectivity index (χ4v) is 4.43. The number of carbonyl (C=O) groups is 1. The topological polar surface area (TPSA) is 64.9 Å². The second-order valence-corrected chi connectivity index (χ2v) is 8.13. The van der Waals surface area contributed by atoms with Gasteiger partial charge >= 0.3 is 0 Å². The molecule has 25 heavy (non-hydrogen) atoms. The number of rotatable bonds is 6. The van der Waals surface area contributed by atoms with Gasteiger partial charge in [0, 0.05) is 23.0 Å². The molecule has 0 aliphatic heterocycles. The number of hydrogen-bond donors (Lipinski definition) is 2. The number of nitriles is 1. The molecule has 3 rings (SSSR count). The van der Waals surface area contributed by atoms with Crippen LogP contribution in [0.3, 0.4) is 0 Å². The van der Waals surface area contributed by atoms with Crippen molar-refractivity contribution in [3.05, 3.63) is 51.3 Å². The third kappa shape index (κ3) is 4.30. The fraction of sp³-hybridized carbons (Fsp3) is 0.368. The van der Waals surface area contributed by atoms with Crippen molar-refractivity contribution in [1.29, 1.82) is 5.26 Å². The van der Waals surface area contributed by atoms with Gasteiger partial charge in [-0.15, -0.1) is 11.3 Å². The second kappa shape index (κ2) is 8.13. The summed E-state index contributed by atoms with van der Waals surface area (Å²) in [5, 5.41) is 17.9. The Hall–Kier alpha value is -1.68. The van der Waals surface area contributed by atoms with Gasteiger partial charge in [-0.2, -0.15) is 5.26 Å². The van der Waals surface area contributed by atoms with Crippen molar-refractivity contribution in [3.8, 4) is 6.07 Å². The maximum atomic E-state index is 12.2. The van der Waals surface area contributed by atoms with Crippen molar-refractivity contribution in [2.45, 2.75) is 37.6 Å². The summed E-state index contributed by atoms with van der Waals surface area (Å²) in [6.45, 7) is 0.620. The lowest BCUT2D eigenvalue weighted by atomic mass is 9.88. The number of nitrogens with one attached hydrogen (secondary N) is 2. The summed E-state index contributed by atoms with van der Waals surface area (Å²) in [6, 6.07) is 12.3. The van der Waals surface area contributed by atoms with Crippen LogP contribution in [0.15, 0.2) is 40.2 Å². The van der Waals surface area contributed by atoms with Gasteiger partial charge in [0.15, 0.2) is 0 Å². The van der Waals surface area contributed by atoms with Crippen LogP contribution in [0, 0.1) is 11.3 Å². The number of amides is 1. The zero-order valence-electron chi connectivity index (χ0n) is 13.8. The lowest BCUT2D eigenvalue weighted by Crippen LogP contribution is -2.41. The molecule has 0 bridgehead atoms. The van der Waals surface area contributed by atoms with E-state index >= 15 is 0 Å². The summed E-state index contributed by atoms with van der Waals surface area (Å²) in [5.74, 6) is -0.0598. The molecule has 0 spiro atoms. The highest BCUT2D eigenvalue weighted by Gasteiger charge is 2.34. The van der Waals surface area contributed by atoms with Crippen molar-refractivity contribution < 1.29 is 4.79 Å². The molecule has 6 heteroatoms. The molecule has 0 saturated heterocycles. The molecule has 1 aromatic carbocycles. The molecule has 1 aromatic heterocycles. The molecule has 1 saturated carbocycles. The highest BCUT2D eigenvalue weighted by Crippen LogP contribution is 2.39. The van der Waals surface area contributed by atoms with Gasteiger partial charge in [0.2, 0.25) is 5.91 Å². The van der Waals surface area contributed by atoms with Crippen LogP contribution in [0.4, 0.5) is 5.00 Å². The molecule has 0 atom stereocenters. The van der Waals surface area contributed by atoms with Crippen LogP contribution in [-0.2, 0) is 10.3 Å². The lowest BCUT2D eigenvalue weighted by Gasteiger charge is -2.31. The van der Waals surface area contributed by atoms with Crippen LogP contribution in [0.25, 0.3) is 0 Å². The average Bonchev–Trinajstić information content (AvgIpc) is 3.25. The summed E-state index contributed by atoms with van der Waals surface area (Å²) in [6.07, 6.45) is 4.99. The number of nitrogens with zero attached hydrogens (tertiary/aromatic N) is 1. The third-order valence-corrected chi connectivity index (χ3v) is 6.07. The molecule has 130 valence electrons. The molecule has 0 radical (unpaired) electrons. The maximum absolute atomic E-state index is 12.2. The Morgan fingerprint density at radius 3 is 2.64 bits per heavy atom. The molecular formula is C19H20BrN3OS. The van der Waals surface area contributed by atoms with E-state index in [9.17, 15) is 4.79 Å². The van der Waals surface area contributed by atoms with Gasteiger partial charge in [-0.3, -0.25) is 4.79 Å². The van der Waals surface area contributed by atoms with Crippen molar-refractivity contribution in [2.24, 2.45) is 0 Å². The van der Waals surface area contributed by atoms with Gasteiger partial charge in [0.1, 0.15) is 11.1 Å². The second-order valence-electron chi connectivity index (χ2n) is 6.30. The van der Waals surface area contributed by atoms with E-state index in [1.165, 1.54) is 29.7 Å². The van der Waals surface area contributed by atoms with E-state index in [0.717, 1.165) is 17.3 Å². The molecule has 1 fully saturated rings. The number of benzene rings is 1. The first-order chi connectivity index (χ1) is 12.1. The average molecular weight is 418 g/mol. The van der Waals surface area contributed by atoms with Gasteiger partial charge in [0.05, 0.1) is 5.56 Å². The Bertz CT molecular complexity index is 773. The number of carbonyl (C=O) groups excluding carboxylic acids is 1. The van der Waals surface area contributed by atoms with Crippen molar-refractivity contribution in [2.75, 3.05) is 11.9 Å². The Balaban J connectivity index is 1.58. The quantitative estimate of drug-likeness (QED) is 0.710. The summed E-state index contributed by atoms with van der Waals surface area (Å²) >= 11 is 4.87. The molecule has 2 N–H and O–H groups in total. The lowest BCUT2D eigenvalue weighted by molar-refractivity contribution is -0.116. The van der Waals surface area contributed by atoms with E-state index in [2.05, 4.69) is 56.9 Å². The van der Waals surface area contributed by atoms with Gasteiger partial charge in [-0.25, -0.2) is 0 Å². The summed E-state index contributed by atoms with van der Waals surface area (Å²) in [4.78, 5) is 12.2. The van der Waals surface area contributed by atoms with E-state index < -0.39 is 0 Å². The number of hydrogen-bond acceptors (Lipinski definition) is 4. The van der Waals surface area contributed by atoms with Gasteiger partial charge in [-0.1, -0.05) is 40.9 Å². The summed E-state index contributed by atoms with van der Waals surface area (Å²) < 4.78 is 1.08. The zero-order chi connectivity index (χ0) is 17.7. The molecule has 1 amide bonds. The number of halogens is 1. The van der Waals surface area contributed by atoms with Gasteiger partial charge < -0.3 is 10.6 Å². The normalized spacial score (nSPS) is 15.7. The Kier molecular flexibility index (Phi) is 5.89. The minimum absolute atomic E-state index is 0.0261. The molecular weight excluding hydrogens is 398 g/mol. The predicted molar refractivity (Wildman–Crippen MR) is 105 cm³/mol. The Morgan fingerprint density at radius 1 is 1.24 bits per heavy atom. The summed E-state index contributed by atoms with van der Waals surface area (Å²) in [7, 11) is 0. The van der Waals surface area contributed by atoms with Crippen LogP contribution >= 0.6 is 27.3 Å². The van der Waals surface area contributed by atoms with E-state index in [1.54, 1.807) is 6.07 Å². The number of anilines is 1. The minimum atomic E-state index is -0.0598. The number of thiophene rings is 1. The third-order valence-electron chi connectivity index (χ3n) is 4.71. The van der Waals surface area contributed by atoms with Gasteiger partial charge in [-0.05, 0) is 42.0 Å². The Morgan fingerprint density at radius 2 is 1.96 bits per heavy atom. The van der Waals surface area contributed by atoms with Crippen LogP contribution in [0.1, 0.15) is 43.2 Å². The van der Waals surface area contributed by atoms with Crippen LogP contribution in [-0.4, -0.2) is 12.5 Å². The van der Waals surface area contributed by atoms with Crippen LogP contribution in [0.2, 0.25) is 0 Å². The molecule has 1 heterocycles. The van der Waals surface area contributed by atoms with E-state index in [1.807, 2.05) is 5.38 Å². The van der Waals surface area contributed by atoms with E-state index in [-0.39, 0.29) is 11.4 Å².